The van der Waals surface area contributed by atoms with Crippen LogP contribution in [0, 0.1) is 0 Å². The van der Waals surface area contributed by atoms with Crippen molar-refractivity contribution in [2.45, 2.75) is 97.4 Å². The number of nitrogens with zero attached hydrogens (tertiary/aromatic N) is 2. The van der Waals surface area contributed by atoms with Crippen molar-refractivity contribution in [3.63, 3.8) is 0 Å². The van der Waals surface area contributed by atoms with E-state index in [1.54, 1.807) is 0 Å². The molecule has 2 heteroatoms. The molecule has 0 aromatic heterocycles. The smallest absolute Gasteiger partial charge is 0.0935 e. The van der Waals surface area contributed by atoms with Crippen molar-refractivity contribution in [2.24, 2.45) is 0 Å². The maximum absolute atomic E-state index is 2.72. The zero-order chi connectivity index (χ0) is 17.6. The highest BCUT2D eigenvalue weighted by molar-refractivity contribution is 4.66. The first-order valence-electron chi connectivity index (χ1n) is 10.4. The molecule has 0 spiro atoms. The number of hydrogen-bond donors (Lipinski definition) is 0. The van der Waals surface area contributed by atoms with Gasteiger partial charge in [0.05, 0.1) is 33.7 Å². The molecule has 0 amide bonds. The van der Waals surface area contributed by atoms with Crippen molar-refractivity contribution in [2.75, 3.05) is 40.8 Å². The van der Waals surface area contributed by atoms with Crippen LogP contribution < -0.4 is 0 Å². The highest BCUT2D eigenvalue weighted by Gasteiger charge is 2.19. The molecule has 0 aromatic carbocycles. The Morgan fingerprint density at radius 1 is 0.652 bits per heavy atom. The topological polar surface area (TPSA) is 3.24 Å². The quantitative estimate of drug-likeness (QED) is 0.259. The van der Waals surface area contributed by atoms with Crippen LogP contribution in [-0.2, 0) is 0 Å². The Bertz CT molecular complexity index is 245. The normalized spacial score (nSPS) is 13.7. The van der Waals surface area contributed by atoms with E-state index in [4.69, 9.17) is 0 Å². The van der Waals surface area contributed by atoms with Gasteiger partial charge in [0.15, 0.2) is 0 Å². The highest BCUT2D eigenvalue weighted by atomic mass is 15.3. The van der Waals surface area contributed by atoms with Gasteiger partial charge in [0, 0.05) is 0 Å². The summed E-state index contributed by atoms with van der Waals surface area (Å²) in [7, 11) is 6.92. The van der Waals surface area contributed by atoms with Gasteiger partial charge in [-0.05, 0) is 32.9 Å². The Balaban J connectivity index is 3.68. The second-order valence-corrected chi connectivity index (χ2v) is 8.54. The Morgan fingerprint density at radius 2 is 1.13 bits per heavy atom. The van der Waals surface area contributed by atoms with E-state index in [1.807, 2.05) is 0 Å². The first kappa shape index (κ1) is 22.9. The van der Waals surface area contributed by atoms with Crippen molar-refractivity contribution >= 4 is 0 Å². The lowest BCUT2D eigenvalue weighted by Gasteiger charge is -2.34. The lowest BCUT2D eigenvalue weighted by Crippen LogP contribution is -2.48. The van der Waals surface area contributed by atoms with Gasteiger partial charge in [0.1, 0.15) is 0 Å². The lowest BCUT2D eigenvalue weighted by atomic mass is 10.1. The largest absolute Gasteiger partial charge is 0.330 e. The lowest BCUT2D eigenvalue weighted by molar-refractivity contribution is -0.872. The van der Waals surface area contributed by atoms with Crippen LogP contribution in [0.5, 0.6) is 0 Å². The third-order valence-electron chi connectivity index (χ3n) is 4.74. The maximum Gasteiger partial charge on any atom is 0.0935 e. The fourth-order valence-electron chi connectivity index (χ4n) is 3.55. The average molecular weight is 328 g/mol. The van der Waals surface area contributed by atoms with Crippen molar-refractivity contribution < 1.29 is 4.48 Å². The molecular formula is C21H47N2+. The minimum atomic E-state index is 0.702. The number of likely N-dealkylation sites (N-methyl/N-ethyl adjacent to an activating group) is 1. The van der Waals surface area contributed by atoms with E-state index in [0.29, 0.717) is 6.04 Å². The van der Waals surface area contributed by atoms with Crippen molar-refractivity contribution in [3.05, 3.63) is 0 Å². The second-order valence-electron chi connectivity index (χ2n) is 8.54. The molecular weight excluding hydrogens is 280 g/mol. The predicted octanol–water partition coefficient (Wildman–Crippen LogP) is 5.71. The number of quaternary nitrogens is 1. The molecule has 0 aliphatic rings. The molecule has 0 N–H and O–H groups in total. The van der Waals surface area contributed by atoms with E-state index in [-0.39, 0.29) is 0 Å². The van der Waals surface area contributed by atoms with Crippen LogP contribution in [0.1, 0.15) is 91.4 Å². The molecule has 0 heterocycles. The first-order valence-corrected chi connectivity index (χ1v) is 10.4. The Morgan fingerprint density at radius 3 is 1.57 bits per heavy atom. The van der Waals surface area contributed by atoms with E-state index >= 15 is 0 Å². The van der Waals surface area contributed by atoms with Crippen LogP contribution in [0.25, 0.3) is 0 Å². The fourth-order valence-corrected chi connectivity index (χ4v) is 3.55. The monoisotopic (exact) mass is 327 g/mol. The average Bonchev–Trinajstić information content (AvgIpc) is 2.46. The molecule has 0 aliphatic carbocycles. The van der Waals surface area contributed by atoms with Gasteiger partial charge >= 0.3 is 0 Å². The van der Waals surface area contributed by atoms with Crippen molar-refractivity contribution in [3.8, 4) is 0 Å². The Hall–Kier alpha value is -0.0800. The zero-order valence-corrected chi connectivity index (χ0v) is 17.4. The molecule has 0 fully saturated rings. The summed E-state index contributed by atoms with van der Waals surface area (Å²) in [4.78, 5) is 2.72. The SMILES string of the molecule is CCCCCCCCCCCCN(CCC)C(C)C[N+](C)(C)C. The summed E-state index contributed by atoms with van der Waals surface area (Å²) in [5, 5.41) is 0. The van der Waals surface area contributed by atoms with E-state index < -0.39 is 0 Å². The van der Waals surface area contributed by atoms with Crippen LogP contribution in [0.4, 0.5) is 0 Å². The van der Waals surface area contributed by atoms with Gasteiger partial charge in [-0.1, -0.05) is 71.6 Å². The zero-order valence-electron chi connectivity index (χ0n) is 17.4. The summed E-state index contributed by atoms with van der Waals surface area (Å²) in [6, 6.07) is 0.702. The minimum Gasteiger partial charge on any atom is -0.330 e. The molecule has 0 bridgehead atoms. The number of rotatable bonds is 16. The van der Waals surface area contributed by atoms with Gasteiger partial charge in [-0.3, -0.25) is 4.90 Å². The summed E-state index contributed by atoms with van der Waals surface area (Å²) < 4.78 is 1.07. The van der Waals surface area contributed by atoms with Crippen LogP contribution in [0.2, 0.25) is 0 Å². The van der Waals surface area contributed by atoms with Gasteiger partial charge in [-0.15, -0.1) is 0 Å². The second kappa shape index (κ2) is 14.3. The fraction of sp³-hybridized carbons (Fsp3) is 1.00. The van der Waals surface area contributed by atoms with E-state index in [0.717, 1.165) is 4.48 Å². The Kier molecular flexibility index (Phi) is 14.2. The summed E-state index contributed by atoms with van der Waals surface area (Å²) in [6.07, 6.45) is 15.6. The van der Waals surface area contributed by atoms with E-state index in [9.17, 15) is 0 Å². The molecule has 1 unspecified atom stereocenters. The molecule has 0 radical (unpaired) electrons. The number of unbranched alkanes of at least 4 members (excludes halogenated alkanes) is 9. The van der Waals surface area contributed by atoms with Crippen molar-refractivity contribution in [1.82, 2.24) is 4.90 Å². The van der Waals surface area contributed by atoms with Gasteiger partial charge in [0.25, 0.3) is 0 Å². The number of hydrogen-bond acceptors (Lipinski definition) is 1. The van der Waals surface area contributed by atoms with Gasteiger partial charge in [0.2, 0.25) is 0 Å². The van der Waals surface area contributed by atoms with E-state index in [1.165, 1.54) is 90.3 Å². The van der Waals surface area contributed by atoms with Crippen LogP contribution in [0.3, 0.4) is 0 Å². The Labute approximate surface area is 148 Å². The molecule has 0 aliphatic heterocycles. The molecule has 0 saturated heterocycles. The molecule has 23 heavy (non-hydrogen) atoms. The minimum absolute atomic E-state index is 0.702. The summed E-state index contributed by atoms with van der Waals surface area (Å²) in [5.41, 5.74) is 0. The van der Waals surface area contributed by atoms with E-state index in [2.05, 4.69) is 46.8 Å². The van der Waals surface area contributed by atoms with Gasteiger partial charge < -0.3 is 4.48 Å². The molecule has 0 rings (SSSR count). The molecule has 140 valence electrons. The summed E-state index contributed by atoms with van der Waals surface area (Å²) in [5.74, 6) is 0. The van der Waals surface area contributed by atoms with Crippen molar-refractivity contribution in [1.29, 1.82) is 0 Å². The molecule has 2 nitrogen and oxygen atoms in total. The first-order chi connectivity index (χ1) is 10.9. The molecule has 1 atom stereocenters. The molecule has 0 saturated carbocycles. The van der Waals surface area contributed by atoms with Crippen LogP contribution >= 0.6 is 0 Å². The van der Waals surface area contributed by atoms with Gasteiger partial charge in [-0.25, -0.2) is 0 Å². The van der Waals surface area contributed by atoms with Gasteiger partial charge in [-0.2, -0.15) is 0 Å². The van der Waals surface area contributed by atoms with Crippen LogP contribution in [-0.4, -0.2) is 56.2 Å². The third-order valence-corrected chi connectivity index (χ3v) is 4.74. The standard InChI is InChI=1S/C21H47N2/c1-7-9-10-11-12-13-14-15-16-17-19-22(18-8-2)21(3)20-23(4,5)6/h21H,7-20H2,1-6H3/q+1. The maximum atomic E-state index is 2.72. The summed E-state index contributed by atoms with van der Waals surface area (Å²) in [6.45, 7) is 10.8. The van der Waals surface area contributed by atoms with Crippen LogP contribution in [0.15, 0.2) is 0 Å². The molecule has 0 aromatic rings. The highest BCUT2D eigenvalue weighted by Crippen LogP contribution is 2.12. The summed E-state index contributed by atoms with van der Waals surface area (Å²) >= 11 is 0. The third kappa shape index (κ3) is 15.2. The predicted molar refractivity (Wildman–Crippen MR) is 106 cm³/mol.